The molecule has 4 rings (SSSR count). The fourth-order valence-corrected chi connectivity index (χ4v) is 5.33. The third kappa shape index (κ3) is 3.78. The number of benzene rings is 1. The molecule has 6 heteroatoms. The summed E-state index contributed by atoms with van der Waals surface area (Å²) in [5, 5.41) is 3.29. The summed E-state index contributed by atoms with van der Waals surface area (Å²) in [5.41, 5.74) is 7.49. The van der Waals surface area contributed by atoms with Crippen molar-refractivity contribution in [1.29, 1.82) is 0 Å². The number of likely N-dealkylation sites (tertiary alicyclic amines) is 1. The van der Waals surface area contributed by atoms with Crippen LogP contribution in [0.2, 0.25) is 0 Å². The van der Waals surface area contributed by atoms with Crippen LogP contribution >= 0.6 is 0 Å². The second-order valence-corrected chi connectivity index (χ2v) is 8.39. The van der Waals surface area contributed by atoms with Crippen LogP contribution in [-0.4, -0.2) is 50.2 Å². The van der Waals surface area contributed by atoms with Crippen LogP contribution in [-0.2, 0) is 11.3 Å². The van der Waals surface area contributed by atoms with Crippen molar-refractivity contribution in [3.05, 3.63) is 23.8 Å². The van der Waals surface area contributed by atoms with Crippen LogP contribution in [0.25, 0.3) is 0 Å². The summed E-state index contributed by atoms with van der Waals surface area (Å²) in [6, 6.07) is 6.25. The molecule has 2 saturated carbocycles. The van der Waals surface area contributed by atoms with Crippen LogP contribution in [0.15, 0.2) is 18.2 Å². The normalized spacial score (nSPS) is 32.6. The number of carbonyl (C=O) groups is 1. The molecular weight excluding hydrogens is 342 g/mol. The van der Waals surface area contributed by atoms with Gasteiger partial charge in [0.05, 0.1) is 20.1 Å². The van der Waals surface area contributed by atoms with Crippen molar-refractivity contribution in [3.63, 3.8) is 0 Å². The number of nitrogens with zero attached hydrogens (tertiary/aromatic N) is 1. The van der Waals surface area contributed by atoms with Gasteiger partial charge in [0.1, 0.15) is 11.5 Å². The summed E-state index contributed by atoms with van der Waals surface area (Å²) in [5.74, 6) is 2.89. The minimum absolute atomic E-state index is 0.0282. The number of nitrogens with one attached hydrogen (secondary N) is 1. The highest BCUT2D eigenvalue weighted by molar-refractivity contribution is 5.80. The molecule has 0 spiro atoms. The number of methoxy groups -OCH3 is 2. The van der Waals surface area contributed by atoms with Crippen LogP contribution in [0.3, 0.4) is 0 Å². The third-order valence-corrected chi connectivity index (χ3v) is 6.72. The fraction of sp³-hybridized carbons (Fsp3) is 0.667. The predicted octanol–water partition coefficient (Wildman–Crippen LogP) is 1.77. The monoisotopic (exact) mass is 373 g/mol. The molecule has 1 aromatic rings. The van der Waals surface area contributed by atoms with Gasteiger partial charge in [-0.1, -0.05) is 0 Å². The number of ether oxygens (including phenoxy) is 2. The summed E-state index contributed by atoms with van der Waals surface area (Å²) in [6.07, 6.45) is 4.51. The van der Waals surface area contributed by atoms with E-state index in [1.807, 2.05) is 18.2 Å². The Balaban J connectivity index is 1.32. The van der Waals surface area contributed by atoms with Crippen molar-refractivity contribution < 1.29 is 14.3 Å². The van der Waals surface area contributed by atoms with Gasteiger partial charge in [0.15, 0.2) is 0 Å². The lowest BCUT2D eigenvalue weighted by molar-refractivity contribution is -0.127. The van der Waals surface area contributed by atoms with Crippen LogP contribution < -0.4 is 20.5 Å². The molecule has 148 valence electrons. The molecule has 2 bridgehead atoms. The first-order valence-corrected chi connectivity index (χ1v) is 10.1. The van der Waals surface area contributed by atoms with Gasteiger partial charge < -0.3 is 20.5 Å². The zero-order valence-corrected chi connectivity index (χ0v) is 16.3. The molecule has 27 heavy (non-hydrogen) atoms. The Morgan fingerprint density at radius 1 is 1.15 bits per heavy atom. The van der Waals surface area contributed by atoms with Crippen molar-refractivity contribution in [2.24, 2.45) is 23.5 Å². The average Bonchev–Trinajstić information content (AvgIpc) is 3.38. The lowest BCUT2D eigenvalue weighted by Gasteiger charge is -2.28. The van der Waals surface area contributed by atoms with E-state index in [4.69, 9.17) is 15.2 Å². The summed E-state index contributed by atoms with van der Waals surface area (Å²) in [7, 11) is 3.33. The smallest absolute Gasteiger partial charge is 0.225 e. The number of hydrogen-bond acceptors (Lipinski definition) is 5. The van der Waals surface area contributed by atoms with Crippen molar-refractivity contribution in [2.75, 3.05) is 27.3 Å². The second kappa shape index (κ2) is 7.68. The fourth-order valence-electron chi connectivity index (χ4n) is 5.33. The van der Waals surface area contributed by atoms with Gasteiger partial charge in [-0.2, -0.15) is 0 Å². The molecule has 1 aliphatic heterocycles. The minimum atomic E-state index is 0.0282. The molecule has 1 aromatic carbocycles. The Bertz CT molecular complexity index is 671. The van der Waals surface area contributed by atoms with E-state index in [0.717, 1.165) is 49.5 Å². The topological polar surface area (TPSA) is 76.8 Å². The first-order valence-electron chi connectivity index (χ1n) is 10.1. The highest BCUT2D eigenvalue weighted by Gasteiger charge is 2.49. The molecule has 6 nitrogen and oxygen atoms in total. The standard InChI is InChI=1S/C21H31N3O3/c1-26-17-7-13(8-18(10-17)27-2)11-24-6-5-16(12-24)23-21(25)19-14-3-4-15(9-14)20(19)22/h7-8,10,14-16,19-20H,3-6,9,11-12,22H2,1-2H3,(H,23,25). The maximum Gasteiger partial charge on any atom is 0.225 e. The van der Waals surface area contributed by atoms with Gasteiger partial charge >= 0.3 is 0 Å². The molecular formula is C21H31N3O3. The zero-order valence-electron chi connectivity index (χ0n) is 16.3. The molecule has 1 heterocycles. The van der Waals surface area contributed by atoms with Gasteiger partial charge in [0.2, 0.25) is 5.91 Å². The van der Waals surface area contributed by atoms with Crippen molar-refractivity contribution in [3.8, 4) is 11.5 Å². The number of fused-ring (bicyclic) bond motifs is 2. The van der Waals surface area contributed by atoms with Gasteiger partial charge in [0, 0.05) is 37.8 Å². The number of amides is 1. The van der Waals surface area contributed by atoms with Gasteiger partial charge in [-0.05, 0) is 55.2 Å². The average molecular weight is 373 g/mol. The van der Waals surface area contributed by atoms with Crippen LogP contribution in [0.4, 0.5) is 0 Å². The van der Waals surface area contributed by atoms with Gasteiger partial charge in [-0.15, -0.1) is 0 Å². The number of nitrogens with two attached hydrogens (primary N) is 1. The molecule has 0 aromatic heterocycles. The van der Waals surface area contributed by atoms with E-state index in [2.05, 4.69) is 10.2 Å². The van der Waals surface area contributed by atoms with Crippen molar-refractivity contribution in [1.82, 2.24) is 10.2 Å². The Kier molecular flexibility index (Phi) is 5.28. The first-order chi connectivity index (χ1) is 13.1. The van der Waals surface area contributed by atoms with Gasteiger partial charge in [0.25, 0.3) is 0 Å². The van der Waals surface area contributed by atoms with Crippen molar-refractivity contribution in [2.45, 2.75) is 44.3 Å². The Hall–Kier alpha value is -1.79. The third-order valence-electron chi connectivity index (χ3n) is 6.72. The molecule has 1 saturated heterocycles. The van der Waals surface area contributed by atoms with E-state index in [1.165, 1.54) is 12.8 Å². The quantitative estimate of drug-likeness (QED) is 0.795. The highest BCUT2D eigenvalue weighted by Crippen LogP contribution is 2.47. The lowest BCUT2D eigenvalue weighted by Crippen LogP contribution is -2.48. The van der Waals surface area contributed by atoms with Crippen LogP contribution in [0.1, 0.15) is 31.2 Å². The van der Waals surface area contributed by atoms with E-state index >= 15 is 0 Å². The summed E-state index contributed by atoms with van der Waals surface area (Å²) >= 11 is 0. The van der Waals surface area contributed by atoms with E-state index in [0.29, 0.717) is 11.8 Å². The summed E-state index contributed by atoms with van der Waals surface area (Å²) in [4.78, 5) is 15.2. The largest absolute Gasteiger partial charge is 0.497 e. The minimum Gasteiger partial charge on any atom is -0.497 e. The number of carbonyl (C=O) groups excluding carboxylic acids is 1. The van der Waals surface area contributed by atoms with E-state index in [1.54, 1.807) is 14.2 Å². The molecule has 5 atom stereocenters. The van der Waals surface area contributed by atoms with E-state index < -0.39 is 0 Å². The Morgan fingerprint density at radius 3 is 2.48 bits per heavy atom. The summed E-state index contributed by atoms with van der Waals surface area (Å²) < 4.78 is 10.7. The van der Waals surface area contributed by atoms with E-state index in [9.17, 15) is 4.79 Å². The molecule has 1 amide bonds. The number of hydrogen-bond donors (Lipinski definition) is 2. The SMILES string of the molecule is COc1cc(CN2CCC(NC(=O)C3C4CCC(C4)C3N)C2)cc(OC)c1. The molecule has 3 fully saturated rings. The molecule has 3 N–H and O–H groups in total. The first kappa shape index (κ1) is 18.6. The number of rotatable bonds is 6. The van der Waals surface area contributed by atoms with E-state index in [-0.39, 0.29) is 23.9 Å². The molecule has 5 unspecified atom stereocenters. The summed E-state index contributed by atoms with van der Waals surface area (Å²) in [6.45, 7) is 2.68. The highest BCUT2D eigenvalue weighted by atomic mass is 16.5. The molecule has 0 radical (unpaired) electrons. The molecule has 3 aliphatic rings. The second-order valence-electron chi connectivity index (χ2n) is 8.39. The van der Waals surface area contributed by atoms with Gasteiger partial charge in [-0.3, -0.25) is 9.69 Å². The maximum absolute atomic E-state index is 12.8. The predicted molar refractivity (Wildman–Crippen MR) is 104 cm³/mol. The van der Waals surface area contributed by atoms with Crippen LogP contribution in [0, 0.1) is 17.8 Å². The van der Waals surface area contributed by atoms with Gasteiger partial charge in [-0.25, -0.2) is 0 Å². The Morgan fingerprint density at radius 2 is 1.85 bits per heavy atom. The lowest BCUT2D eigenvalue weighted by atomic mass is 9.84. The zero-order chi connectivity index (χ0) is 19.0. The Labute approximate surface area is 161 Å². The molecule has 2 aliphatic carbocycles. The maximum atomic E-state index is 12.8. The van der Waals surface area contributed by atoms with Crippen molar-refractivity contribution >= 4 is 5.91 Å². The van der Waals surface area contributed by atoms with Crippen LogP contribution in [0.5, 0.6) is 11.5 Å².